The van der Waals surface area contributed by atoms with E-state index >= 15 is 0 Å². The van der Waals surface area contributed by atoms with Crippen LogP contribution in [0.15, 0.2) is 18.2 Å². The lowest BCUT2D eigenvalue weighted by atomic mass is 9.97. The third kappa shape index (κ3) is 2.89. The number of halogens is 2. The third-order valence-corrected chi connectivity index (χ3v) is 3.28. The summed E-state index contributed by atoms with van der Waals surface area (Å²) in [6.45, 7) is 0.717. The molecule has 2 N–H and O–H groups in total. The van der Waals surface area contributed by atoms with Crippen molar-refractivity contribution in [3.63, 3.8) is 0 Å². The van der Waals surface area contributed by atoms with Crippen LogP contribution in [0.25, 0.3) is 0 Å². The number of rotatable bonds is 2. The zero-order chi connectivity index (χ0) is 14.0. The van der Waals surface area contributed by atoms with Gasteiger partial charge in [-0.05, 0) is 31.0 Å². The lowest BCUT2D eigenvalue weighted by Gasteiger charge is -2.31. The molecule has 1 aromatic carbocycles. The van der Waals surface area contributed by atoms with Crippen molar-refractivity contribution in [3.8, 4) is 0 Å². The summed E-state index contributed by atoms with van der Waals surface area (Å²) in [5, 5.41) is 0. The number of nitrogens with two attached hydrogens (primary N) is 1. The topological polar surface area (TPSA) is 63.4 Å². The summed E-state index contributed by atoms with van der Waals surface area (Å²) in [5.74, 6) is -3.28. The van der Waals surface area contributed by atoms with Gasteiger partial charge in [0.15, 0.2) is 11.6 Å². The Balaban J connectivity index is 2.14. The van der Waals surface area contributed by atoms with Crippen LogP contribution in [0.5, 0.6) is 0 Å². The molecule has 1 unspecified atom stereocenters. The Morgan fingerprint density at radius 1 is 1.26 bits per heavy atom. The predicted octanol–water partition coefficient (Wildman–Crippen LogP) is 1.30. The van der Waals surface area contributed by atoms with Gasteiger partial charge in [-0.2, -0.15) is 0 Å². The van der Waals surface area contributed by atoms with Gasteiger partial charge in [-0.25, -0.2) is 8.78 Å². The molecule has 0 radical (unpaired) electrons. The standard InChI is InChI=1S/C13H14F2N2O2/c14-10-4-3-8(6-11(10)15)13(19)17-5-1-2-9(7-17)12(16)18/h3-4,6,9H,1-2,5,7H2,(H2,16,18). The molecule has 0 aliphatic carbocycles. The second-order valence-electron chi connectivity index (χ2n) is 4.62. The van der Waals surface area contributed by atoms with Crippen molar-refractivity contribution in [2.75, 3.05) is 13.1 Å². The van der Waals surface area contributed by atoms with Crippen LogP contribution in [0.2, 0.25) is 0 Å². The van der Waals surface area contributed by atoms with Crippen molar-refractivity contribution in [1.82, 2.24) is 4.90 Å². The van der Waals surface area contributed by atoms with E-state index in [0.717, 1.165) is 12.1 Å². The van der Waals surface area contributed by atoms with E-state index in [0.29, 0.717) is 19.4 Å². The van der Waals surface area contributed by atoms with Crippen LogP contribution in [-0.2, 0) is 4.79 Å². The van der Waals surface area contributed by atoms with Gasteiger partial charge in [-0.3, -0.25) is 9.59 Å². The number of hydrogen-bond donors (Lipinski definition) is 1. The molecule has 0 aromatic heterocycles. The third-order valence-electron chi connectivity index (χ3n) is 3.28. The quantitative estimate of drug-likeness (QED) is 0.878. The maximum Gasteiger partial charge on any atom is 0.253 e. The van der Waals surface area contributed by atoms with E-state index < -0.39 is 23.4 Å². The highest BCUT2D eigenvalue weighted by Crippen LogP contribution is 2.19. The van der Waals surface area contributed by atoms with Crippen molar-refractivity contribution >= 4 is 11.8 Å². The SMILES string of the molecule is NC(=O)C1CCCN(C(=O)c2ccc(F)c(F)c2)C1. The Morgan fingerprint density at radius 2 is 2.00 bits per heavy atom. The second-order valence-corrected chi connectivity index (χ2v) is 4.62. The summed E-state index contributed by atoms with van der Waals surface area (Å²) in [7, 11) is 0. The number of piperidine rings is 1. The predicted molar refractivity (Wildman–Crippen MR) is 64.2 cm³/mol. The molecule has 2 rings (SSSR count). The number of nitrogens with zero attached hydrogens (tertiary/aromatic N) is 1. The molecule has 1 aliphatic rings. The van der Waals surface area contributed by atoms with Gasteiger partial charge in [0.25, 0.3) is 5.91 Å². The summed E-state index contributed by atoms with van der Waals surface area (Å²) < 4.78 is 25.9. The van der Waals surface area contributed by atoms with Gasteiger partial charge in [0.05, 0.1) is 5.92 Å². The molecule has 0 bridgehead atoms. The van der Waals surface area contributed by atoms with Gasteiger partial charge in [-0.1, -0.05) is 0 Å². The number of benzene rings is 1. The van der Waals surface area contributed by atoms with Gasteiger partial charge < -0.3 is 10.6 Å². The molecule has 1 aromatic rings. The normalized spacial score (nSPS) is 19.3. The van der Waals surface area contributed by atoms with Gasteiger partial charge in [0, 0.05) is 18.7 Å². The summed E-state index contributed by atoms with van der Waals surface area (Å²) in [6.07, 6.45) is 1.32. The zero-order valence-electron chi connectivity index (χ0n) is 10.2. The first-order valence-electron chi connectivity index (χ1n) is 6.02. The van der Waals surface area contributed by atoms with Crippen LogP contribution in [0.3, 0.4) is 0 Å². The summed E-state index contributed by atoms with van der Waals surface area (Å²) in [4.78, 5) is 24.7. The first-order valence-corrected chi connectivity index (χ1v) is 6.02. The van der Waals surface area contributed by atoms with Crippen molar-refractivity contribution in [1.29, 1.82) is 0 Å². The number of hydrogen-bond acceptors (Lipinski definition) is 2. The van der Waals surface area contributed by atoms with Gasteiger partial charge in [0.1, 0.15) is 0 Å². The molecular formula is C13H14F2N2O2. The Morgan fingerprint density at radius 3 is 2.63 bits per heavy atom. The number of primary amides is 1. The molecule has 0 spiro atoms. The minimum absolute atomic E-state index is 0.0732. The van der Waals surface area contributed by atoms with Crippen molar-refractivity contribution < 1.29 is 18.4 Å². The van der Waals surface area contributed by atoms with Gasteiger partial charge in [0.2, 0.25) is 5.91 Å². The lowest BCUT2D eigenvalue weighted by Crippen LogP contribution is -2.44. The average molecular weight is 268 g/mol. The molecule has 0 saturated carbocycles. The Kier molecular flexibility index (Phi) is 3.78. The van der Waals surface area contributed by atoms with Gasteiger partial charge in [-0.15, -0.1) is 0 Å². The van der Waals surface area contributed by atoms with E-state index in [9.17, 15) is 18.4 Å². The van der Waals surface area contributed by atoms with Crippen LogP contribution in [-0.4, -0.2) is 29.8 Å². The molecule has 1 aliphatic heterocycles. The highest BCUT2D eigenvalue weighted by molar-refractivity contribution is 5.94. The van der Waals surface area contributed by atoms with Crippen molar-refractivity contribution in [2.45, 2.75) is 12.8 Å². The van der Waals surface area contributed by atoms with E-state index in [1.54, 1.807) is 0 Å². The molecule has 2 amide bonds. The van der Waals surface area contributed by atoms with Crippen molar-refractivity contribution in [2.24, 2.45) is 11.7 Å². The largest absolute Gasteiger partial charge is 0.369 e. The van der Waals surface area contributed by atoms with E-state index in [1.165, 1.54) is 11.0 Å². The molecule has 102 valence electrons. The maximum atomic E-state index is 13.1. The Labute approximate surface area is 109 Å². The molecule has 4 nitrogen and oxygen atoms in total. The molecule has 1 fully saturated rings. The number of carbonyl (C=O) groups is 2. The van der Waals surface area contributed by atoms with Crippen molar-refractivity contribution in [3.05, 3.63) is 35.4 Å². The molecule has 1 heterocycles. The monoisotopic (exact) mass is 268 g/mol. The minimum Gasteiger partial charge on any atom is -0.369 e. The summed E-state index contributed by atoms with van der Waals surface area (Å²) >= 11 is 0. The average Bonchev–Trinajstić information content (AvgIpc) is 2.41. The fourth-order valence-electron chi connectivity index (χ4n) is 2.21. The fourth-order valence-corrected chi connectivity index (χ4v) is 2.21. The number of likely N-dealkylation sites (tertiary alicyclic amines) is 1. The minimum atomic E-state index is -1.06. The molecule has 19 heavy (non-hydrogen) atoms. The molecule has 1 atom stereocenters. The Hall–Kier alpha value is -1.98. The zero-order valence-corrected chi connectivity index (χ0v) is 10.2. The second kappa shape index (κ2) is 5.34. The van der Waals surface area contributed by atoms with E-state index in [2.05, 4.69) is 0 Å². The smallest absolute Gasteiger partial charge is 0.253 e. The van der Waals surface area contributed by atoms with Crippen LogP contribution < -0.4 is 5.73 Å². The van der Waals surface area contributed by atoms with Crippen LogP contribution in [0.1, 0.15) is 23.2 Å². The molecular weight excluding hydrogens is 254 g/mol. The van der Waals surface area contributed by atoms with Gasteiger partial charge >= 0.3 is 0 Å². The first-order chi connectivity index (χ1) is 8.99. The lowest BCUT2D eigenvalue weighted by molar-refractivity contribution is -0.123. The van der Waals surface area contributed by atoms with E-state index in [4.69, 9.17) is 5.73 Å². The summed E-state index contributed by atoms with van der Waals surface area (Å²) in [5.41, 5.74) is 5.30. The maximum absolute atomic E-state index is 13.1. The van der Waals surface area contributed by atoms with E-state index in [1.807, 2.05) is 0 Å². The van der Waals surface area contributed by atoms with Crippen LogP contribution in [0.4, 0.5) is 8.78 Å². The number of amides is 2. The first kappa shape index (κ1) is 13.5. The van der Waals surface area contributed by atoms with E-state index in [-0.39, 0.29) is 18.0 Å². The number of carbonyl (C=O) groups excluding carboxylic acids is 2. The highest BCUT2D eigenvalue weighted by Gasteiger charge is 2.27. The molecule has 1 saturated heterocycles. The fraction of sp³-hybridized carbons (Fsp3) is 0.385. The summed E-state index contributed by atoms with van der Waals surface area (Å²) in [6, 6.07) is 3.01. The van der Waals surface area contributed by atoms with Crippen LogP contribution >= 0.6 is 0 Å². The highest BCUT2D eigenvalue weighted by atomic mass is 19.2. The Bertz CT molecular complexity index is 519. The molecule has 6 heteroatoms. The van der Waals surface area contributed by atoms with Crippen LogP contribution in [0, 0.1) is 17.6 Å².